The number of amides is 1. The number of pyridine rings is 1. The number of nitriles is 1. The zero-order chi connectivity index (χ0) is 17.7. The van der Waals surface area contributed by atoms with Gasteiger partial charge < -0.3 is 14.5 Å². The van der Waals surface area contributed by atoms with Crippen LogP contribution in [0.4, 0.5) is 10.6 Å². The molecule has 6 heteroatoms. The Morgan fingerprint density at radius 1 is 1.54 bits per heavy atom. The van der Waals surface area contributed by atoms with E-state index in [0.29, 0.717) is 23.8 Å². The minimum atomic E-state index is -0.476. The van der Waals surface area contributed by atoms with Crippen molar-refractivity contribution in [2.24, 2.45) is 5.92 Å². The Morgan fingerprint density at radius 3 is 2.96 bits per heavy atom. The molecule has 1 atom stereocenters. The summed E-state index contributed by atoms with van der Waals surface area (Å²) in [5, 5.41) is 9.21. The lowest BCUT2D eigenvalue weighted by atomic mass is 9.97. The standard InChI is InChI=1S/C18H26N4O2/c1-18(2,3)24-17(23)22-10-6-7-14(13-22)12-21(4)16-15(11-19)8-5-9-20-16/h5,8-9,14H,6-7,10,12-13H2,1-4H3. The molecule has 1 saturated heterocycles. The highest BCUT2D eigenvalue weighted by atomic mass is 16.6. The number of nitrogens with zero attached hydrogens (tertiary/aromatic N) is 4. The Morgan fingerprint density at radius 2 is 2.29 bits per heavy atom. The van der Waals surface area contributed by atoms with Crippen LogP contribution in [0.15, 0.2) is 18.3 Å². The van der Waals surface area contributed by atoms with Crippen LogP contribution in [0.5, 0.6) is 0 Å². The van der Waals surface area contributed by atoms with Crippen LogP contribution in [0, 0.1) is 17.2 Å². The first-order valence-corrected chi connectivity index (χ1v) is 8.34. The summed E-state index contributed by atoms with van der Waals surface area (Å²) in [6, 6.07) is 5.71. The first-order valence-electron chi connectivity index (χ1n) is 8.34. The summed E-state index contributed by atoms with van der Waals surface area (Å²) in [7, 11) is 1.94. The third-order valence-corrected chi connectivity index (χ3v) is 3.97. The highest BCUT2D eigenvalue weighted by Crippen LogP contribution is 2.22. The number of hydrogen-bond donors (Lipinski definition) is 0. The summed E-state index contributed by atoms with van der Waals surface area (Å²) in [5.41, 5.74) is 0.0935. The van der Waals surface area contributed by atoms with Gasteiger partial charge in [-0.25, -0.2) is 9.78 Å². The number of rotatable bonds is 3. The highest BCUT2D eigenvalue weighted by molar-refractivity contribution is 5.68. The van der Waals surface area contributed by atoms with E-state index >= 15 is 0 Å². The van der Waals surface area contributed by atoms with Crippen LogP contribution in [0.2, 0.25) is 0 Å². The second-order valence-corrected chi connectivity index (χ2v) is 7.30. The number of carbonyl (C=O) groups is 1. The van der Waals surface area contributed by atoms with Gasteiger partial charge in [0.2, 0.25) is 0 Å². The molecule has 0 aromatic carbocycles. The van der Waals surface area contributed by atoms with Gasteiger partial charge in [0.25, 0.3) is 0 Å². The fourth-order valence-electron chi connectivity index (χ4n) is 2.97. The molecule has 1 unspecified atom stereocenters. The molecular weight excluding hydrogens is 304 g/mol. The second-order valence-electron chi connectivity index (χ2n) is 7.30. The van der Waals surface area contributed by atoms with Crippen molar-refractivity contribution in [1.29, 1.82) is 5.26 Å². The second kappa shape index (κ2) is 7.52. The van der Waals surface area contributed by atoms with Gasteiger partial charge in [0.1, 0.15) is 17.5 Å². The molecule has 6 nitrogen and oxygen atoms in total. The zero-order valence-corrected chi connectivity index (χ0v) is 15.0. The average molecular weight is 330 g/mol. The molecule has 130 valence electrons. The maximum Gasteiger partial charge on any atom is 0.410 e. The van der Waals surface area contributed by atoms with Gasteiger partial charge in [-0.1, -0.05) is 0 Å². The van der Waals surface area contributed by atoms with Crippen LogP contribution in [0.3, 0.4) is 0 Å². The molecule has 0 N–H and O–H groups in total. The summed E-state index contributed by atoms with van der Waals surface area (Å²) in [6.45, 7) is 7.81. The number of piperidine rings is 1. The van der Waals surface area contributed by atoms with E-state index in [1.54, 1.807) is 23.2 Å². The van der Waals surface area contributed by atoms with Gasteiger partial charge in [0.15, 0.2) is 0 Å². The van der Waals surface area contributed by atoms with Crippen LogP contribution in [-0.4, -0.2) is 48.3 Å². The lowest BCUT2D eigenvalue weighted by molar-refractivity contribution is 0.0170. The van der Waals surface area contributed by atoms with E-state index in [1.165, 1.54) is 0 Å². The third-order valence-electron chi connectivity index (χ3n) is 3.97. The molecule has 24 heavy (non-hydrogen) atoms. The zero-order valence-electron chi connectivity index (χ0n) is 15.0. The highest BCUT2D eigenvalue weighted by Gasteiger charge is 2.28. The number of aromatic nitrogens is 1. The van der Waals surface area contributed by atoms with Crippen molar-refractivity contribution in [3.63, 3.8) is 0 Å². The van der Waals surface area contributed by atoms with Crippen LogP contribution in [0.1, 0.15) is 39.2 Å². The number of likely N-dealkylation sites (tertiary alicyclic amines) is 1. The summed E-state index contributed by atoms with van der Waals surface area (Å²) >= 11 is 0. The lowest BCUT2D eigenvalue weighted by Crippen LogP contribution is -2.45. The van der Waals surface area contributed by atoms with Crippen molar-refractivity contribution in [2.75, 3.05) is 31.6 Å². The molecule has 1 aliphatic heterocycles. The smallest absolute Gasteiger partial charge is 0.410 e. The summed E-state index contributed by atoms with van der Waals surface area (Å²) < 4.78 is 5.47. The summed E-state index contributed by atoms with van der Waals surface area (Å²) in [4.78, 5) is 20.4. The Labute approximate surface area is 144 Å². The first kappa shape index (κ1) is 18.1. The molecule has 1 amide bonds. The van der Waals surface area contributed by atoms with Crippen LogP contribution < -0.4 is 4.90 Å². The topological polar surface area (TPSA) is 69.5 Å². The molecule has 0 saturated carbocycles. The van der Waals surface area contributed by atoms with Gasteiger partial charge >= 0.3 is 6.09 Å². The number of ether oxygens (including phenoxy) is 1. The quantitative estimate of drug-likeness (QED) is 0.852. The SMILES string of the molecule is CN(CC1CCCN(C(=O)OC(C)(C)C)C1)c1ncccc1C#N. The predicted octanol–water partition coefficient (Wildman–Crippen LogP) is 3.04. The number of carbonyl (C=O) groups excluding carboxylic acids is 1. The minimum Gasteiger partial charge on any atom is -0.444 e. The van der Waals surface area contributed by atoms with Gasteiger partial charge in [0.05, 0.1) is 5.56 Å². The minimum absolute atomic E-state index is 0.245. The van der Waals surface area contributed by atoms with Crippen molar-refractivity contribution >= 4 is 11.9 Å². The van der Waals surface area contributed by atoms with Crippen LogP contribution in [-0.2, 0) is 4.74 Å². The molecule has 1 fully saturated rings. The Kier molecular flexibility index (Phi) is 5.66. The Hall–Kier alpha value is -2.29. The van der Waals surface area contributed by atoms with E-state index in [9.17, 15) is 10.1 Å². The molecular formula is C18H26N4O2. The van der Waals surface area contributed by atoms with Gasteiger partial charge in [-0.15, -0.1) is 0 Å². The van der Waals surface area contributed by atoms with Crippen molar-refractivity contribution < 1.29 is 9.53 Å². The fourth-order valence-corrected chi connectivity index (χ4v) is 2.97. The number of hydrogen-bond acceptors (Lipinski definition) is 5. The fraction of sp³-hybridized carbons (Fsp3) is 0.611. The molecule has 1 aromatic rings. The molecule has 0 spiro atoms. The predicted molar refractivity (Wildman–Crippen MR) is 92.8 cm³/mol. The molecule has 1 aromatic heterocycles. The molecule has 1 aliphatic rings. The molecule has 0 aliphatic carbocycles. The van der Waals surface area contributed by atoms with E-state index in [1.807, 2.05) is 32.7 Å². The van der Waals surface area contributed by atoms with E-state index in [0.717, 1.165) is 25.9 Å². The van der Waals surface area contributed by atoms with Crippen LogP contribution >= 0.6 is 0 Å². The lowest BCUT2D eigenvalue weighted by Gasteiger charge is -2.36. The number of anilines is 1. The molecule has 0 radical (unpaired) electrons. The van der Waals surface area contributed by atoms with Gasteiger partial charge in [0, 0.05) is 32.9 Å². The normalized spacial score (nSPS) is 18.0. The van der Waals surface area contributed by atoms with Crippen molar-refractivity contribution in [2.45, 2.75) is 39.2 Å². The van der Waals surface area contributed by atoms with E-state index in [2.05, 4.69) is 11.1 Å². The Balaban J connectivity index is 1.98. The third kappa shape index (κ3) is 4.85. The summed E-state index contributed by atoms with van der Waals surface area (Å²) in [5.74, 6) is 1.03. The maximum atomic E-state index is 12.3. The van der Waals surface area contributed by atoms with Gasteiger partial charge in [-0.2, -0.15) is 5.26 Å². The molecule has 2 rings (SSSR count). The van der Waals surface area contributed by atoms with Crippen LogP contribution in [0.25, 0.3) is 0 Å². The Bertz CT molecular complexity index is 618. The van der Waals surface area contributed by atoms with Crippen molar-refractivity contribution in [3.8, 4) is 6.07 Å². The van der Waals surface area contributed by atoms with Crippen molar-refractivity contribution in [3.05, 3.63) is 23.9 Å². The van der Waals surface area contributed by atoms with E-state index < -0.39 is 5.60 Å². The first-order chi connectivity index (χ1) is 11.3. The maximum absolute atomic E-state index is 12.3. The molecule has 2 heterocycles. The van der Waals surface area contributed by atoms with E-state index in [4.69, 9.17) is 4.74 Å². The van der Waals surface area contributed by atoms with Crippen molar-refractivity contribution in [1.82, 2.24) is 9.88 Å². The largest absolute Gasteiger partial charge is 0.444 e. The van der Waals surface area contributed by atoms with Gasteiger partial charge in [-0.3, -0.25) is 0 Å². The molecule has 0 bridgehead atoms. The van der Waals surface area contributed by atoms with Gasteiger partial charge in [-0.05, 0) is 51.7 Å². The summed E-state index contributed by atoms with van der Waals surface area (Å²) in [6.07, 6.45) is 3.47. The average Bonchev–Trinajstić information content (AvgIpc) is 2.53. The monoisotopic (exact) mass is 330 g/mol. The van der Waals surface area contributed by atoms with E-state index in [-0.39, 0.29) is 6.09 Å².